The number of Topliss-reactive ketones (excluding diaryl/α,β-unsaturated/α-hetero) is 1. The molecule has 0 fully saturated rings. The highest BCUT2D eigenvalue weighted by molar-refractivity contribution is 6.35. The molecule has 0 heterocycles. The van der Waals surface area contributed by atoms with Crippen molar-refractivity contribution in [2.24, 2.45) is 0 Å². The highest BCUT2D eigenvalue weighted by Gasteiger charge is 2.16. The Labute approximate surface area is 236 Å². The van der Waals surface area contributed by atoms with Gasteiger partial charge in [0.1, 0.15) is 17.1 Å². The predicted molar refractivity (Wildman–Crippen MR) is 157 cm³/mol. The molecule has 4 aromatic carbocycles. The largest absolute Gasteiger partial charge is 0.496 e. The molecular weight excluding hydrogens is 541 g/mol. The summed E-state index contributed by atoms with van der Waals surface area (Å²) in [5.74, 6) is 0.194. The molecule has 0 bridgehead atoms. The number of benzene rings is 4. The number of para-hydroxylation sites is 3. The number of ketones is 1. The highest BCUT2D eigenvalue weighted by Crippen LogP contribution is 2.26. The first kappa shape index (κ1) is 30.8. The molecule has 0 atom stereocenters. The number of carbonyl (C=O) groups excluding carboxylic acids is 1. The number of halogens is 2. The van der Waals surface area contributed by atoms with Gasteiger partial charge in [0.2, 0.25) is 0 Å². The molecule has 4 rings (SSSR count). The Bertz CT molecular complexity index is 1390. The van der Waals surface area contributed by atoms with Crippen LogP contribution in [0.4, 0.5) is 17.1 Å². The normalized spacial score (nSPS) is 9.74. The van der Waals surface area contributed by atoms with E-state index in [1.165, 1.54) is 12.1 Å². The average molecular weight is 570 g/mol. The minimum Gasteiger partial charge on any atom is -0.496 e. The van der Waals surface area contributed by atoms with Gasteiger partial charge in [-0.25, -0.2) is 4.79 Å². The molecule has 0 saturated carbocycles. The fourth-order valence-corrected chi connectivity index (χ4v) is 3.93. The van der Waals surface area contributed by atoms with Crippen molar-refractivity contribution in [1.29, 1.82) is 0 Å². The summed E-state index contributed by atoms with van der Waals surface area (Å²) in [5, 5.41) is 9.12. The third-order valence-corrected chi connectivity index (χ3v) is 5.90. The number of methoxy groups -OCH3 is 2. The van der Waals surface area contributed by atoms with Crippen molar-refractivity contribution in [1.82, 2.24) is 0 Å². The first-order valence-corrected chi connectivity index (χ1v) is 12.2. The Morgan fingerprint density at radius 2 is 1.13 bits per heavy atom. The summed E-state index contributed by atoms with van der Waals surface area (Å²) in [6, 6.07) is 24.4. The molecule has 204 valence electrons. The molecule has 0 aromatic heterocycles. The second-order valence-electron chi connectivity index (χ2n) is 7.87. The monoisotopic (exact) mass is 569 g/mol. The summed E-state index contributed by atoms with van der Waals surface area (Å²) in [5.41, 5.74) is 19.1. The van der Waals surface area contributed by atoms with Crippen LogP contribution in [0.25, 0.3) is 0 Å². The first-order chi connectivity index (χ1) is 18.6. The van der Waals surface area contributed by atoms with Gasteiger partial charge in [-0.05, 0) is 42.5 Å². The summed E-state index contributed by atoms with van der Waals surface area (Å²) in [4.78, 5) is 22.8. The van der Waals surface area contributed by atoms with Crippen LogP contribution in [0.2, 0.25) is 10.0 Å². The smallest absolute Gasteiger partial charge is 0.339 e. The van der Waals surface area contributed by atoms with E-state index in [1.54, 1.807) is 44.6 Å². The maximum Gasteiger partial charge on any atom is 0.339 e. The summed E-state index contributed by atoms with van der Waals surface area (Å²) < 4.78 is 10.1. The van der Waals surface area contributed by atoms with Crippen LogP contribution in [-0.4, -0.2) is 31.1 Å². The van der Waals surface area contributed by atoms with Crippen molar-refractivity contribution in [3.63, 3.8) is 0 Å². The number of anilines is 3. The van der Waals surface area contributed by atoms with E-state index in [1.807, 2.05) is 42.5 Å². The fourth-order valence-electron chi connectivity index (χ4n) is 3.38. The molecule has 10 heteroatoms. The van der Waals surface area contributed by atoms with E-state index in [0.29, 0.717) is 27.7 Å². The van der Waals surface area contributed by atoms with Crippen molar-refractivity contribution in [3.8, 4) is 11.5 Å². The Morgan fingerprint density at radius 3 is 1.56 bits per heavy atom. The zero-order chi connectivity index (χ0) is 28.9. The van der Waals surface area contributed by atoms with Crippen LogP contribution < -0.4 is 26.7 Å². The second-order valence-corrected chi connectivity index (χ2v) is 8.68. The van der Waals surface area contributed by atoms with E-state index < -0.39 is 5.97 Å². The Morgan fingerprint density at radius 1 is 0.667 bits per heavy atom. The van der Waals surface area contributed by atoms with Crippen LogP contribution in [0.15, 0.2) is 84.9 Å². The Kier molecular flexibility index (Phi) is 11.9. The van der Waals surface area contributed by atoms with Gasteiger partial charge < -0.3 is 31.8 Å². The third-order valence-electron chi connectivity index (χ3n) is 5.27. The fraction of sp³-hybridized carbons (Fsp3) is 0.103. The minimum absolute atomic E-state index is 0.0332. The van der Waals surface area contributed by atoms with Gasteiger partial charge in [-0.2, -0.15) is 0 Å². The molecule has 0 radical (unpaired) electrons. The van der Waals surface area contributed by atoms with Gasteiger partial charge in [0.25, 0.3) is 0 Å². The number of aromatic carboxylic acids is 1. The summed E-state index contributed by atoms with van der Waals surface area (Å²) in [6.45, 7) is 0. The molecule has 0 amide bonds. The van der Waals surface area contributed by atoms with Gasteiger partial charge >= 0.3 is 5.97 Å². The molecule has 0 saturated heterocycles. The van der Waals surface area contributed by atoms with Gasteiger partial charge in [0.15, 0.2) is 5.78 Å². The molecule has 0 spiro atoms. The van der Waals surface area contributed by atoms with Crippen LogP contribution in [0.5, 0.6) is 11.5 Å². The lowest BCUT2D eigenvalue weighted by molar-refractivity contribution is 0.0698. The summed E-state index contributed by atoms with van der Waals surface area (Å²) >= 11 is 11.6. The summed E-state index contributed by atoms with van der Waals surface area (Å²) in [6.07, 6.45) is 0.206. The van der Waals surface area contributed by atoms with E-state index >= 15 is 0 Å². The number of hydrogen-bond acceptors (Lipinski definition) is 7. The lowest BCUT2D eigenvalue weighted by Gasteiger charge is -2.09. The van der Waals surface area contributed by atoms with Crippen LogP contribution in [0.1, 0.15) is 26.3 Å². The van der Waals surface area contributed by atoms with E-state index in [2.05, 4.69) is 0 Å². The van der Waals surface area contributed by atoms with E-state index in [4.69, 9.17) is 55.0 Å². The van der Waals surface area contributed by atoms with Gasteiger partial charge in [-0.3, -0.25) is 4.79 Å². The van der Waals surface area contributed by atoms with Crippen molar-refractivity contribution >= 4 is 52.0 Å². The summed E-state index contributed by atoms with van der Waals surface area (Å²) in [7, 11) is 3.18. The highest BCUT2D eigenvalue weighted by atomic mass is 35.5. The van der Waals surface area contributed by atoms with E-state index in [0.717, 1.165) is 11.3 Å². The van der Waals surface area contributed by atoms with E-state index in [-0.39, 0.29) is 28.5 Å². The van der Waals surface area contributed by atoms with Gasteiger partial charge in [0.05, 0.1) is 35.5 Å². The molecule has 0 unspecified atom stereocenters. The minimum atomic E-state index is -1.10. The lowest BCUT2D eigenvalue weighted by atomic mass is 10.0. The zero-order valence-electron chi connectivity index (χ0n) is 21.4. The maximum absolute atomic E-state index is 12.3. The van der Waals surface area contributed by atoms with Crippen molar-refractivity contribution in [2.75, 3.05) is 31.4 Å². The molecule has 0 aliphatic carbocycles. The van der Waals surface area contributed by atoms with Crippen molar-refractivity contribution < 1.29 is 24.2 Å². The van der Waals surface area contributed by atoms with Crippen molar-refractivity contribution in [2.45, 2.75) is 6.42 Å². The number of carboxylic acid groups (broad SMARTS) is 1. The number of carboxylic acids is 1. The predicted octanol–water partition coefficient (Wildman–Crippen LogP) is 6.25. The molecule has 8 nitrogen and oxygen atoms in total. The number of ether oxygens (including phenoxy) is 2. The average Bonchev–Trinajstić information content (AvgIpc) is 2.90. The molecule has 0 aliphatic heterocycles. The molecule has 39 heavy (non-hydrogen) atoms. The standard InChI is InChI=1S/C15H14ClNO2.C7H6ClNO2.C7H9NO/c1-19-14-8-3-2-5-10(14)9-13(18)15-11(16)6-4-7-12(15)17;8-4-2-1-3-5(9)6(4)7(10)11;1-9-7-5-3-2-4-6(7)8/h2-8H,9,17H2,1H3;1-3H,9H2,(H,10,11);2-5H,8H2,1H3. The SMILES string of the molecule is COc1ccccc1CC(=O)c1c(N)cccc1Cl.COc1ccccc1N.Nc1cccc(Cl)c1C(=O)O. The van der Waals surface area contributed by atoms with Gasteiger partial charge in [-0.15, -0.1) is 0 Å². The Hall–Kier alpha value is -4.40. The number of hydrogen-bond donors (Lipinski definition) is 4. The quantitative estimate of drug-likeness (QED) is 0.157. The third kappa shape index (κ3) is 8.84. The van der Waals surface area contributed by atoms with Gasteiger partial charge in [-0.1, -0.05) is 65.7 Å². The van der Waals surface area contributed by atoms with Crippen LogP contribution >= 0.6 is 23.2 Å². The van der Waals surface area contributed by atoms with Crippen LogP contribution in [0, 0.1) is 0 Å². The lowest BCUT2D eigenvalue weighted by Crippen LogP contribution is -2.08. The second kappa shape index (κ2) is 15.1. The molecule has 0 aliphatic rings. The van der Waals surface area contributed by atoms with Gasteiger partial charge in [0, 0.05) is 23.4 Å². The number of rotatable bonds is 6. The van der Waals surface area contributed by atoms with Crippen LogP contribution in [0.3, 0.4) is 0 Å². The molecular formula is C29H29Cl2N3O5. The first-order valence-electron chi connectivity index (χ1n) is 11.5. The number of carbonyl (C=O) groups is 2. The topological polar surface area (TPSA) is 151 Å². The van der Waals surface area contributed by atoms with Crippen LogP contribution in [-0.2, 0) is 6.42 Å². The molecule has 7 N–H and O–H groups in total. The van der Waals surface area contributed by atoms with E-state index in [9.17, 15) is 9.59 Å². The maximum atomic E-state index is 12.3. The zero-order valence-corrected chi connectivity index (χ0v) is 22.9. The molecule has 4 aromatic rings. The Balaban J connectivity index is 0.000000226. The van der Waals surface area contributed by atoms with Crippen molar-refractivity contribution in [3.05, 3.63) is 112 Å². The number of nitrogen functional groups attached to an aromatic ring is 3. The number of nitrogens with two attached hydrogens (primary N) is 3.